The predicted molar refractivity (Wildman–Crippen MR) is 118 cm³/mol. The van der Waals surface area contributed by atoms with Gasteiger partial charge in [-0.3, -0.25) is 14.5 Å². The van der Waals surface area contributed by atoms with Crippen molar-refractivity contribution in [3.05, 3.63) is 58.8 Å². The van der Waals surface area contributed by atoms with Crippen molar-refractivity contribution in [2.24, 2.45) is 5.92 Å². The Morgan fingerprint density at radius 2 is 1.72 bits per heavy atom. The number of carbonyl (C=O) groups is 1. The molecule has 1 aromatic heterocycles. The van der Waals surface area contributed by atoms with Crippen molar-refractivity contribution < 1.29 is 4.79 Å². The molecule has 29 heavy (non-hydrogen) atoms. The summed E-state index contributed by atoms with van der Waals surface area (Å²) < 4.78 is 1.95. The molecule has 0 bridgehead atoms. The fourth-order valence-corrected chi connectivity index (χ4v) is 4.46. The molecule has 1 amide bonds. The van der Waals surface area contributed by atoms with E-state index in [0.717, 1.165) is 30.0 Å². The smallest absolute Gasteiger partial charge is 0.240 e. The number of amides is 1. The summed E-state index contributed by atoms with van der Waals surface area (Å²) in [6.07, 6.45) is 2.52. The van der Waals surface area contributed by atoms with E-state index in [4.69, 9.17) is 0 Å². The highest BCUT2D eigenvalue weighted by molar-refractivity contribution is 5.94. The molecule has 1 aliphatic heterocycles. The van der Waals surface area contributed by atoms with Gasteiger partial charge in [0.1, 0.15) is 6.54 Å². The largest absolute Gasteiger partial charge is 0.353 e. The summed E-state index contributed by atoms with van der Waals surface area (Å²) >= 11 is 0. The van der Waals surface area contributed by atoms with Gasteiger partial charge < -0.3 is 9.88 Å². The predicted octanol–water partition coefficient (Wildman–Crippen LogP) is 3.39. The number of benzene rings is 2. The van der Waals surface area contributed by atoms with Gasteiger partial charge in [-0.25, -0.2) is 0 Å². The SMILES string of the molecule is CC1CCCN(C(C)CNC(=O)Cn2c3ccccc3c(=O)c3ccccc32)C1. The van der Waals surface area contributed by atoms with E-state index < -0.39 is 0 Å². The zero-order chi connectivity index (χ0) is 20.4. The minimum Gasteiger partial charge on any atom is -0.353 e. The van der Waals surface area contributed by atoms with E-state index in [9.17, 15) is 9.59 Å². The van der Waals surface area contributed by atoms with Crippen LogP contribution in [0.5, 0.6) is 0 Å². The normalized spacial score (nSPS) is 18.8. The molecule has 0 saturated carbocycles. The summed E-state index contributed by atoms with van der Waals surface area (Å²) in [5.74, 6) is 0.696. The van der Waals surface area contributed by atoms with E-state index in [-0.39, 0.29) is 17.9 Å². The molecule has 5 heteroatoms. The summed E-state index contributed by atoms with van der Waals surface area (Å²) in [6, 6.07) is 15.4. The van der Waals surface area contributed by atoms with Crippen LogP contribution in [0, 0.1) is 5.92 Å². The number of pyridine rings is 1. The summed E-state index contributed by atoms with van der Waals surface area (Å²) in [6.45, 7) is 7.53. The van der Waals surface area contributed by atoms with Gasteiger partial charge in [-0.05, 0) is 56.5 Å². The summed E-state index contributed by atoms with van der Waals surface area (Å²) in [7, 11) is 0. The van der Waals surface area contributed by atoms with E-state index in [1.54, 1.807) is 0 Å². The highest BCUT2D eigenvalue weighted by Gasteiger charge is 2.21. The molecule has 1 saturated heterocycles. The Kier molecular flexibility index (Phi) is 5.67. The lowest BCUT2D eigenvalue weighted by atomic mass is 9.99. The average molecular weight is 392 g/mol. The van der Waals surface area contributed by atoms with Gasteiger partial charge in [0.2, 0.25) is 5.91 Å². The molecule has 1 N–H and O–H groups in total. The molecule has 2 unspecified atom stereocenters. The maximum atomic E-state index is 12.8. The quantitative estimate of drug-likeness (QED) is 0.679. The Labute approximate surface area is 171 Å². The summed E-state index contributed by atoms with van der Waals surface area (Å²) in [5.41, 5.74) is 1.61. The minimum atomic E-state index is -0.0270. The zero-order valence-electron chi connectivity index (χ0n) is 17.2. The number of hydrogen-bond acceptors (Lipinski definition) is 3. The van der Waals surface area contributed by atoms with Gasteiger partial charge in [0.15, 0.2) is 5.43 Å². The highest BCUT2D eigenvalue weighted by atomic mass is 16.2. The van der Waals surface area contributed by atoms with Gasteiger partial charge in [-0.2, -0.15) is 0 Å². The first-order chi connectivity index (χ1) is 14.0. The van der Waals surface area contributed by atoms with Crippen LogP contribution in [0.4, 0.5) is 0 Å². The van der Waals surface area contributed by atoms with Crippen molar-refractivity contribution in [2.45, 2.75) is 39.3 Å². The second-order valence-corrected chi connectivity index (χ2v) is 8.35. The Balaban J connectivity index is 1.55. The first-order valence-electron chi connectivity index (χ1n) is 10.6. The molecule has 0 spiro atoms. The number of aromatic nitrogens is 1. The van der Waals surface area contributed by atoms with Crippen LogP contribution in [0.25, 0.3) is 21.8 Å². The van der Waals surface area contributed by atoms with Crippen molar-refractivity contribution in [2.75, 3.05) is 19.6 Å². The maximum absolute atomic E-state index is 12.8. The first kappa shape index (κ1) is 19.6. The van der Waals surface area contributed by atoms with Gasteiger partial charge >= 0.3 is 0 Å². The molecule has 4 rings (SSSR count). The molecule has 1 fully saturated rings. The fourth-order valence-electron chi connectivity index (χ4n) is 4.46. The molecule has 2 atom stereocenters. The third kappa shape index (κ3) is 4.06. The Bertz CT molecular complexity index is 1030. The van der Waals surface area contributed by atoms with Gasteiger partial charge in [-0.1, -0.05) is 31.2 Å². The standard InChI is InChI=1S/C24H29N3O2/c1-17-8-7-13-26(15-17)18(2)14-25-23(28)16-27-21-11-5-3-9-19(21)24(29)20-10-4-6-12-22(20)27/h3-6,9-12,17-18H,7-8,13-16H2,1-2H3,(H,25,28). The molecule has 2 aromatic carbocycles. The van der Waals surface area contributed by atoms with Crippen LogP contribution < -0.4 is 10.7 Å². The molecule has 0 radical (unpaired) electrons. The molecule has 2 heterocycles. The van der Waals surface area contributed by atoms with Crippen molar-refractivity contribution in [1.29, 1.82) is 0 Å². The second-order valence-electron chi connectivity index (χ2n) is 8.35. The van der Waals surface area contributed by atoms with E-state index >= 15 is 0 Å². The molecule has 152 valence electrons. The van der Waals surface area contributed by atoms with E-state index in [2.05, 4.69) is 24.1 Å². The van der Waals surface area contributed by atoms with E-state index in [1.165, 1.54) is 12.8 Å². The van der Waals surface area contributed by atoms with E-state index in [0.29, 0.717) is 23.4 Å². The second kappa shape index (κ2) is 8.37. The topological polar surface area (TPSA) is 54.3 Å². The van der Waals surface area contributed by atoms with Crippen LogP contribution in [-0.4, -0.2) is 41.1 Å². The molecular formula is C24H29N3O2. The van der Waals surface area contributed by atoms with Crippen molar-refractivity contribution in [3.8, 4) is 0 Å². The van der Waals surface area contributed by atoms with Crippen LogP contribution >= 0.6 is 0 Å². The number of carbonyl (C=O) groups excluding carboxylic acids is 1. The van der Waals surface area contributed by atoms with Crippen LogP contribution in [0.15, 0.2) is 53.3 Å². The van der Waals surface area contributed by atoms with Gasteiger partial charge in [0.25, 0.3) is 0 Å². The molecule has 0 aliphatic carbocycles. The van der Waals surface area contributed by atoms with Gasteiger partial charge in [0.05, 0.1) is 11.0 Å². The molecular weight excluding hydrogens is 362 g/mol. The van der Waals surface area contributed by atoms with Crippen molar-refractivity contribution >= 4 is 27.7 Å². The van der Waals surface area contributed by atoms with Crippen LogP contribution in [-0.2, 0) is 11.3 Å². The lowest BCUT2D eigenvalue weighted by Crippen LogP contribution is -2.46. The summed E-state index contributed by atoms with van der Waals surface area (Å²) in [4.78, 5) is 28.1. The average Bonchev–Trinajstić information content (AvgIpc) is 2.75. The van der Waals surface area contributed by atoms with Crippen LogP contribution in [0.2, 0.25) is 0 Å². The number of piperidine rings is 1. The highest BCUT2D eigenvalue weighted by Crippen LogP contribution is 2.19. The Morgan fingerprint density at radius 1 is 1.10 bits per heavy atom. The molecule has 1 aliphatic rings. The number of hydrogen-bond donors (Lipinski definition) is 1. The van der Waals surface area contributed by atoms with Crippen LogP contribution in [0.3, 0.4) is 0 Å². The third-order valence-corrected chi connectivity index (χ3v) is 6.09. The van der Waals surface area contributed by atoms with Crippen molar-refractivity contribution in [3.63, 3.8) is 0 Å². The molecule has 5 nitrogen and oxygen atoms in total. The number of nitrogens with one attached hydrogen (secondary N) is 1. The third-order valence-electron chi connectivity index (χ3n) is 6.09. The number of rotatable bonds is 5. The van der Waals surface area contributed by atoms with E-state index in [1.807, 2.05) is 53.1 Å². The number of likely N-dealkylation sites (tertiary alicyclic amines) is 1. The Morgan fingerprint density at radius 3 is 2.34 bits per heavy atom. The van der Waals surface area contributed by atoms with Crippen LogP contribution in [0.1, 0.15) is 26.7 Å². The van der Waals surface area contributed by atoms with Gasteiger partial charge in [-0.15, -0.1) is 0 Å². The monoisotopic (exact) mass is 391 g/mol. The fraction of sp³-hybridized carbons (Fsp3) is 0.417. The van der Waals surface area contributed by atoms with Gasteiger partial charge in [0, 0.05) is 29.9 Å². The maximum Gasteiger partial charge on any atom is 0.240 e. The Hall–Kier alpha value is -2.66. The number of fused-ring (bicyclic) bond motifs is 2. The number of nitrogens with zero attached hydrogens (tertiary/aromatic N) is 2. The summed E-state index contributed by atoms with van der Waals surface area (Å²) in [5, 5.41) is 4.40. The number of para-hydroxylation sites is 2. The lowest BCUT2D eigenvalue weighted by molar-refractivity contribution is -0.121. The minimum absolute atomic E-state index is 0.0145. The zero-order valence-corrected chi connectivity index (χ0v) is 17.2. The lowest BCUT2D eigenvalue weighted by Gasteiger charge is -2.35. The first-order valence-corrected chi connectivity index (χ1v) is 10.6. The van der Waals surface area contributed by atoms with Crippen molar-refractivity contribution in [1.82, 2.24) is 14.8 Å². The molecule has 3 aromatic rings.